The van der Waals surface area contributed by atoms with Crippen molar-refractivity contribution in [2.45, 2.75) is 69.9 Å². The third-order valence-electron chi connectivity index (χ3n) is 5.95. The van der Waals surface area contributed by atoms with Gasteiger partial charge in [-0.05, 0) is 56.8 Å². The summed E-state index contributed by atoms with van der Waals surface area (Å²) in [5.41, 5.74) is 0.514. The molecule has 4 fully saturated rings. The Hall–Kier alpha value is -0.0800. The van der Waals surface area contributed by atoms with Gasteiger partial charge in [-0.25, -0.2) is 0 Å². The van der Waals surface area contributed by atoms with Crippen molar-refractivity contribution in [1.82, 2.24) is 5.32 Å². The first-order chi connectivity index (χ1) is 8.88. The molecule has 18 heavy (non-hydrogen) atoms. The van der Waals surface area contributed by atoms with Crippen molar-refractivity contribution in [3.05, 3.63) is 0 Å². The van der Waals surface area contributed by atoms with E-state index in [1.807, 2.05) is 0 Å². The molecule has 0 spiro atoms. The molecule has 0 aromatic carbocycles. The maximum Gasteiger partial charge on any atom is 0.0675 e. The van der Waals surface area contributed by atoms with Crippen LogP contribution in [0.5, 0.6) is 0 Å². The lowest BCUT2D eigenvalue weighted by Crippen LogP contribution is -2.47. The van der Waals surface area contributed by atoms with Crippen molar-refractivity contribution in [3.63, 3.8) is 0 Å². The minimum absolute atomic E-state index is 0.514. The van der Waals surface area contributed by atoms with Crippen LogP contribution in [-0.4, -0.2) is 25.3 Å². The Bertz CT molecular complexity index is 304. The van der Waals surface area contributed by atoms with Gasteiger partial charge in [0.25, 0.3) is 0 Å². The third kappa shape index (κ3) is 2.02. The van der Waals surface area contributed by atoms with E-state index in [9.17, 15) is 0 Å². The normalized spacial score (nSPS) is 41.7. The highest BCUT2D eigenvalue weighted by Gasteiger charge is 2.55. The first-order valence-electron chi connectivity index (χ1n) is 8.23. The Balaban J connectivity index is 1.53. The fourth-order valence-corrected chi connectivity index (χ4v) is 4.58. The smallest absolute Gasteiger partial charge is 0.0675 e. The van der Waals surface area contributed by atoms with E-state index in [0.717, 1.165) is 24.5 Å². The van der Waals surface area contributed by atoms with Crippen LogP contribution in [0.3, 0.4) is 0 Å². The van der Waals surface area contributed by atoms with Crippen LogP contribution >= 0.6 is 0 Å². The van der Waals surface area contributed by atoms with Gasteiger partial charge in [0, 0.05) is 24.6 Å². The molecule has 0 aromatic heterocycles. The van der Waals surface area contributed by atoms with E-state index >= 15 is 0 Å². The molecule has 3 aliphatic carbocycles. The van der Waals surface area contributed by atoms with Crippen LogP contribution in [-0.2, 0) is 4.74 Å². The fraction of sp³-hybridized carbons (Fsp3) is 1.00. The van der Waals surface area contributed by atoms with E-state index < -0.39 is 0 Å². The molecule has 1 N–H and O–H groups in total. The van der Waals surface area contributed by atoms with E-state index in [1.54, 1.807) is 0 Å². The summed E-state index contributed by atoms with van der Waals surface area (Å²) in [5.74, 6) is 1.87. The molecule has 1 saturated heterocycles. The molecule has 0 radical (unpaired) electrons. The molecular weight excluding hydrogens is 222 g/mol. The average Bonchev–Trinajstić information content (AvgIpc) is 3.30. The van der Waals surface area contributed by atoms with Gasteiger partial charge in [-0.1, -0.05) is 12.8 Å². The van der Waals surface area contributed by atoms with Gasteiger partial charge in [-0.2, -0.15) is 0 Å². The Morgan fingerprint density at radius 1 is 1.00 bits per heavy atom. The lowest BCUT2D eigenvalue weighted by atomic mass is 9.68. The Kier molecular flexibility index (Phi) is 2.92. The van der Waals surface area contributed by atoms with Crippen LogP contribution in [0.25, 0.3) is 0 Å². The fourth-order valence-electron chi connectivity index (χ4n) is 4.58. The van der Waals surface area contributed by atoms with Crippen molar-refractivity contribution in [2.24, 2.45) is 17.3 Å². The molecule has 2 heteroatoms. The summed E-state index contributed by atoms with van der Waals surface area (Å²) >= 11 is 0. The zero-order valence-electron chi connectivity index (χ0n) is 11.5. The molecule has 0 bridgehead atoms. The van der Waals surface area contributed by atoms with E-state index in [1.165, 1.54) is 64.3 Å². The maximum absolute atomic E-state index is 6.22. The predicted molar refractivity (Wildman–Crippen MR) is 72.5 cm³/mol. The Labute approximate surface area is 111 Å². The number of ether oxygens (including phenoxy) is 1. The molecule has 2 unspecified atom stereocenters. The van der Waals surface area contributed by atoms with E-state index in [0.29, 0.717) is 11.5 Å². The topological polar surface area (TPSA) is 21.3 Å². The molecule has 4 rings (SSSR count). The van der Waals surface area contributed by atoms with Crippen LogP contribution in [0, 0.1) is 17.3 Å². The highest BCUT2D eigenvalue weighted by molar-refractivity contribution is 5.05. The summed E-state index contributed by atoms with van der Waals surface area (Å²) in [6, 6.07) is 0.851. The van der Waals surface area contributed by atoms with Crippen molar-refractivity contribution in [3.8, 4) is 0 Å². The summed E-state index contributed by atoms with van der Waals surface area (Å²) in [7, 11) is 0. The standard InChI is InChI=1S/C16H27NO/c1-2-4-13(3-1)16(11-17-14-7-8-14)9-10-18-15(16)12-5-6-12/h12-15,17H,1-11H2. The second-order valence-electron chi connectivity index (χ2n) is 7.25. The van der Waals surface area contributed by atoms with Gasteiger partial charge in [-0.3, -0.25) is 0 Å². The first-order valence-corrected chi connectivity index (χ1v) is 8.23. The minimum Gasteiger partial charge on any atom is -0.377 e. The van der Waals surface area contributed by atoms with Crippen molar-refractivity contribution >= 4 is 0 Å². The molecule has 2 atom stereocenters. The highest BCUT2D eigenvalue weighted by atomic mass is 16.5. The summed E-state index contributed by atoms with van der Waals surface area (Å²) in [5, 5.41) is 3.85. The summed E-state index contributed by atoms with van der Waals surface area (Å²) in [6.07, 6.45) is 13.5. The van der Waals surface area contributed by atoms with Crippen LogP contribution < -0.4 is 5.32 Å². The molecule has 2 nitrogen and oxygen atoms in total. The van der Waals surface area contributed by atoms with Crippen molar-refractivity contribution < 1.29 is 4.74 Å². The summed E-state index contributed by atoms with van der Waals surface area (Å²) in [4.78, 5) is 0. The van der Waals surface area contributed by atoms with Crippen LogP contribution in [0.1, 0.15) is 57.8 Å². The monoisotopic (exact) mass is 249 g/mol. The van der Waals surface area contributed by atoms with E-state index in [4.69, 9.17) is 4.74 Å². The van der Waals surface area contributed by atoms with Crippen LogP contribution in [0.2, 0.25) is 0 Å². The van der Waals surface area contributed by atoms with Crippen molar-refractivity contribution in [2.75, 3.05) is 13.2 Å². The molecule has 3 saturated carbocycles. The number of hydrogen-bond acceptors (Lipinski definition) is 2. The lowest BCUT2D eigenvalue weighted by Gasteiger charge is -2.40. The van der Waals surface area contributed by atoms with Gasteiger partial charge in [0.15, 0.2) is 0 Å². The highest BCUT2D eigenvalue weighted by Crippen LogP contribution is 2.55. The number of hydrogen-bond donors (Lipinski definition) is 1. The zero-order chi connectivity index (χ0) is 12.0. The summed E-state index contributed by atoms with van der Waals surface area (Å²) < 4.78 is 6.22. The molecule has 4 aliphatic rings. The average molecular weight is 249 g/mol. The second kappa shape index (κ2) is 4.49. The molecular formula is C16H27NO. The molecule has 0 amide bonds. The minimum atomic E-state index is 0.514. The first kappa shape index (κ1) is 11.7. The van der Waals surface area contributed by atoms with Crippen molar-refractivity contribution in [1.29, 1.82) is 0 Å². The van der Waals surface area contributed by atoms with Gasteiger partial charge in [0.2, 0.25) is 0 Å². The lowest BCUT2D eigenvalue weighted by molar-refractivity contribution is 0.000219. The molecule has 102 valence electrons. The SMILES string of the molecule is C1CCC(C2(CNC3CC3)CCOC2C2CC2)C1. The quantitative estimate of drug-likeness (QED) is 0.808. The number of nitrogens with one attached hydrogen (secondary N) is 1. The Morgan fingerprint density at radius 3 is 2.44 bits per heavy atom. The van der Waals surface area contributed by atoms with Crippen LogP contribution in [0.15, 0.2) is 0 Å². The van der Waals surface area contributed by atoms with E-state index in [-0.39, 0.29) is 0 Å². The molecule has 1 aliphatic heterocycles. The number of rotatable bonds is 5. The van der Waals surface area contributed by atoms with Gasteiger partial charge in [0.05, 0.1) is 6.10 Å². The zero-order valence-corrected chi connectivity index (χ0v) is 11.5. The Morgan fingerprint density at radius 2 is 1.78 bits per heavy atom. The second-order valence-corrected chi connectivity index (χ2v) is 7.25. The van der Waals surface area contributed by atoms with Crippen LogP contribution in [0.4, 0.5) is 0 Å². The largest absolute Gasteiger partial charge is 0.377 e. The molecule has 0 aromatic rings. The van der Waals surface area contributed by atoms with Gasteiger partial charge >= 0.3 is 0 Å². The van der Waals surface area contributed by atoms with Gasteiger partial charge in [-0.15, -0.1) is 0 Å². The third-order valence-corrected chi connectivity index (χ3v) is 5.95. The summed E-state index contributed by atoms with van der Waals surface area (Å²) in [6.45, 7) is 2.29. The predicted octanol–water partition coefficient (Wildman–Crippen LogP) is 3.11. The van der Waals surface area contributed by atoms with Gasteiger partial charge < -0.3 is 10.1 Å². The maximum atomic E-state index is 6.22. The molecule has 1 heterocycles. The van der Waals surface area contributed by atoms with Gasteiger partial charge in [0.1, 0.15) is 0 Å². The van der Waals surface area contributed by atoms with E-state index in [2.05, 4.69) is 5.32 Å².